The number of nitrogens with one attached hydrogen (secondary N) is 2. The summed E-state index contributed by atoms with van der Waals surface area (Å²) in [6.07, 6.45) is 0. The summed E-state index contributed by atoms with van der Waals surface area (Å²) in [6, 6.07) is 0.373. The van der Waals surface area contributed by atoms with Gasteiger partial charge in [-0.3, -0.25) is 0 Å². The Morgan fingerprint density at radius 2 is 1.93 bits per heavy atom. The van der Waals surface area contributed by atoms with Crippen molar-refractivity contribution < 1.29 is 13.2 Å². The average Bonchev–Trinajstić information content (AvgIpc) is 2.13. The van der Waals surface area contributed by atoms with Crippen LogP contribution < -0.4 is 10.0 Å². The Balaban J connectivity index is 3.56. The highest BCUT2D eigenvalue weighted by Crippen LogP contribution is 1.85. The summed E-state index contributed by atoms with van der Waals surface area (Å²) >= 11 is 0. The van der Waals surface area contributed by atoms with Gasteiger partial charge in [0.2, 0.25) is 10.0 Å². The molecule has 2 N–H and O–H groups in total. The molecule has 0 aromatic rings. The predicted molar refractivity (Wildman–Crippen MR) is 61.4 cm³/mol. The molecule has 0 aromatic heterocycles. The molecule has 0 radical (unpaired) electrons. The fraction of sp³-hybridized carbons (Fsp3) is 1.00. The first-order chi connectivity index (χ1) is 6.98. The topological polar surface area (TPSA) is 67.4 Å². The van der Waals surface area contributed by atoms with Crippen LogP contribution in [0.5, 0.6) is 0 Å². The van der Waals surface area contributed by atoms with Gasteiger partial charge in [-0.1, -0.05) is 13.8 Å². The standard InChI is InChI=1S/C9H22N2O3S/c1-4-14-7-8-15(12,13)11-6-5-10-9(2)3/h9-11H,4-8H2,1-3H3. The van der Waals surface area contributed by atoms with Crippen LogP contribution in [0.25, 0.3) is 0 Å². The Bertz CT molecular complexity index is 240. The van der Waals surface area contributed by atoms with E-state index >= 15 is 0 Å². The summed E-state index contributed by atoms with van der Waals surface area (Å²) in [5.41, 5.74) is 0. The molecular weight excluding hydrogens is 216 g/mol. The lowest BCUT2D eigenvalue weighted by Gasteiger charge is -2.09. The van der Waals surface area contributed by atoms with Crippen LogP contribution in [0.15, 0.2) is 0 Å². The van der Waals surface area contributed by atoms with Gasteiger partial charge in [-0.05, 0) is 6.92 Å². The van der Waals surface area contributed by atoms with E-state index in [2.05, 4.69) is 10.0 Å². The maximum Gasteiger partial charge on any atom is 0.213 e. The van der Waals surface area contributed by atoms with Gasteiger partial charge in [-0.15, -0.1) is 0 Å². The second kappa shape index (κ2) is 8.04. The fourth-order valence-corrected chi connectivity index (χ4v) is 1.85. The first-order valence-electron chi connectivity index (χ1n) is 5.26. The maximum atomic E-state index is 11.3. The van der Waals surface area contributed by atoms with Gasteiger partial charge < -0.3 is 10.1 Å². The van der Waals surface area contributed by atoms with Gasteiger partial charge in [0.1, 0.15) is 0 Å². The summed E-state index contributed by atoms with van der Waals surface area (Å²) in [6.45, 7) is 7.74. The third-order valence-corrected chi connectivity index (χ3v) is 3.05. The van der Waals surface area contributed by atoms with E-state index < -0.39 is 10.0 Å². The van der Waals surface area contributed by atoms with Crippen LogP contribution >= 0.6 is 0 Å². The molecule has 5 nitrogen and oxygen atoms in total. The van der Waals surface area contributed by atoms with Crippen molar-refractivity contribution in [2.75, 3.05) is 32.1 Å². The van der Waals surface area contributed by atoms with E-state index in [1.807, 2.05) is 20.8 Å². The smallest absolute Gasteiger partial charge is 0.213 e. The van der Waals surface area contributed by atoms with Crippen LogP contribution in [-0.2, 0) is 14.8 Å². The second-order valence-electron chi connectivity index (χ2n) is 3.52. The molecule has 0 aliphatic carbocycles. The molecule has 15 heavy (non-hydrogen) atoms. The number of ether oxygens (including phenoxy) is 1. The fourth-order valence-electron chi connectivity index (χ4n) is 0.953. The molecule has 0 saturated carbocycles. The maximum absolute atomic E-state index is 11.3. The molecule has 92 valence electrons. The van der Waals surface area contributed by atoms with E-state index in [0.29, 0.717) is 25.7 Å². The Hall–Kier alpha value is -0.170. The van der Waals surface area contributed by atoms with Crippen LogP contribution in [0.4, 0.5) is 0 Å². The molecule has 0 atom stereocenters. The van der Waals surface area contributed by atoms with E-state index in [9.17, 15) is 8.42 Å². The zero-order valence-corrected chi connectivity index (χ0v) is 10.6. The van der Waals surface area contributed by atoms with Gasteiger partial charge in [-0.2, -0.15) is 0 Å². The number of hydrogen-bond donors (Lipinski definition) is 2. The SMILES string of the molecule is CCOCCS(=O)(=O)NCCNC(C)C. The van der Waals surface area contributed by atoms with Crippen molar-refractivity contribution in [3.8, 4) is 0 Å². The molecule has 0 aromatic carbocycles. The van der Waals surface area contributed by atoms with E-state index in [1.165, 1.54) is 0 Å². The molecule has 0 fully saturated rings. The molecule has 0 saturated heterocycles. The van der Waals surface area contributed by atoms with Gasteiger partial charge >= 0.3 is 0 Å². The molecule has 0 bridgehead atoms. The largest absolute Gasteiger partial charge is 0.381 e. The quantitative estimate of drug-likeness (QED) is 0.552. The number of rotatable bonds is 9. The highest BCUT2D eigenvalue weighted by Gasteiger charge is 2.08. The highest BCUT2D eigenvalue weighted by atomic mass is 32.2. The van der Waals surface area contributed by atoms with Crippen molar-refractivity contribution in [1.82, 2.24) is 10.0 Å². The van der Waals surface area contributed by atoms with Crippen molar-refractivity contribution in [2.24, 2.45) is 0 Å². The zero-order chi connectivity index (χ0) is 11.7. The van der Waals surface area contributed by atoms with Gasteiger partial charge in [0.05, 0.1) is 12.4 Å². The molecule has 0 heterocycles. The molecule has 6 heteroatoms. The minimum absolute atomic E-state index is 0.0303. The highest BCUT2D eigenvalue weighted by molar-refractivity contribution is 7.89. The summed E-state index contributed by atoms with van der Waals surface area (Å²) in [4.78, 5) is 0. The second-order valence-corrected chi connectivity index (χ2v) is 5.45. The van der Waals surface area contributed by atoms with E-state index in [4.69, 9.17) is 4.74 Å². The lowest BCUT2D eigenvalue weighted by Crippen LogP contribution is -2.36. The van der Waals surface area contributed by atoms with E-state index in [-0.39, 0.29) is 12.4 Å². The Labute approximate surface area is 92.6 Å². The molecule has 0 spiro atoms. The van der Waals surface area contributed by atoms with Crippen LogP contribution in [0, 0.1) is 0 Å². The van der Waals surface area contributed by atoms with Gasteiger partial charge in [0.15, 0.2) is 0 Å². The Morgan fingerprint density at radius 1 is 1.27 bits per heavy atom. The van der Waals surface area contributed by atoms with Crippen molar-refractivity contribution in [3.05, 3.63) is 0 Å². The zero-order valence-electron chi connectivity index (χ0n) is 9.75. The third kappa shape index (κ3) is 10.1. The molecule has 0 aliphatic heterocycles. The first-order valence-corrected chi connectivity index (χ1v) is 6.91. The van der Waals surface area contributed by atoms with Crippen molar-refractivity contribution in [1.29, 1.82) is 0 Å². The first kappa shape index (κ1) is 14.8. The van der Waals surface area contributed by atoms with Gasteiger partial charge in [0.25, 0.3) is 0 Å². The summed E-state index contributed by atoms with van der Waals surface area (Å²) in [5, 5.41) is 3.13. The minimum Gasteiger partial charge on any atom is -0.381 e. The molecule has 0 unspecified atom stereocenters. The predicted octanol–water partition coefficient (Wildman–Crippen LogP) is -0.0597. The summed E-state index contributed by atoms with van der Waals surface area (Å²) in [7, 11) is -3.17. The Kier molecular flexibility index (Phi) is 7.95. The molecular formula is C9H22N2O3S. The van der Waals surface area contributed by atoms with Crippen LogP contribution in [0.1, 0.15) is 20.8 Å². The van der Waals surface area contributed by atoms with E-state index in [1.54, 1.807) is 0 Å². The molecule has 0 aliphatic rings. The lowest BCUT2D eigenvalue weighted by molar-refractivity contribution is 0.163. The third-order valence-electron chi connectivity index (χ3n) is 1.70. The van der Waals surface area contributed by atoms with Crippen molar-refractivity contribution >= 4 is 10.0 Å². The van der Waals surface area contributed by atoms with Crippen LogP contribution in [-0.4, -0.2) is 46.5 Å². The number of hydrogen-bond acceptors (Lipinski definition) is 4. The number of sulfonamides is 1. The average molecular weight is 238 g/mol. The normalized spacial score (nSPS) is 12.3. The monoisotopic (exact) mass is 238 g/mol. The summed E-state index contributed by atoms with van der Waals surface area (Å²) in [5.74, 6) is 0.0303. The summed E-state index contributed by atoms with van der Waals surface area (Å²) < 4.78 is 30.1. The van der Waals surface area contributed by atoms with Crippen LogP contribution in [0.3, 0.4) is 0 Å². The van der Waals surface area contributed by atoms with Crippen molar-refractivity contribution in [2.45, 2.75) is 26.8 Å². The Morgan fingerprint density at radius 3 is 2.47 bits per heavy atom. The van der Waals surface area contributed by atoms with Gasteiger partial charge in [-0.25, -0.2) is 13.1 Å². The van der Waals surface area contributed by atoms with Gasteiger partial charge in [0, 0.05) is 25.7 Å². The van der Waals surface area contributed by atoms with Crippen molar-refractivity contribution in [3.63, 3.8) is 0 Å². The minimum atomic E-state index is -3.17. The van der Waals surface area contributed by atoms with E-state index in [0.717, 1.165) is 0 Å². The molecule has 0 rings (SSSR count). The van der Waals surface area contributed by atoms with Crippen LogP contribution in [0.2, 0.25) is 0 Å². The lowest BCUT2D eigenvalue weighted by atomic mass is 10.4. The molecule has 0 amide bonds.